The molecular formula is C29H57IMgO11. The molecule has 0 bridgehead atoms. The summed E-state index contributed by atoms with van der Waals surface area (Å²) in [5.41, 5.74) is -1.90. The van der Waals surface area contributed by atoms with Crippen molar-refractivity contribution >= 4 is 41.0 Å². The number of carboxylic acids is 1. The van der Waals surface area contributed by atoms with Crippen molar-refractivity contribution in [2.24, 2.45) is 23.7 Å². The van der Waals surface area contributed by atoms with E-state index >= 15 is 0 Å². The van der Waals surface area contributed by atoms with Gasteiger partial charge in [0.1, 0.15) is 0 Å². The van der Waals surface area contributed by atoms with Gasteiger partial charge in [0, 0.05) is 5.92 Å². The first kappa shape index (κ1) is 51.3. The fourth-order valence-electron chi connectivity index (χ4n) is 3.42. The molecule has 0 aromatic carbocycles. The van der Waals surface area contributed by atoms with Crippen molar-refractivity contribution in [1.82, 2.24) is 0 Å². The van der Waals surface area contributed by atoms with E-state index in [0.29, 0.717) is 13.2 Å². The van der Waals surface area contributed by atoms with Crippen molar-refractivity contribution in [1.29, 1.82) is 0 Å². The summed E-state index contributed by atoms with van der Waals surface area (Å²) in [5.74, 6) is -2.37. The molecule has 2 aliphatic rings. The molecule has 2 rings (SSSR count). The molecule has 42 heavy (non-hydrogen) atoms. The molecule has 2 aliphatic heterocycles. The molecule has 248 valence electrons. The van der Waals surface area contributed by atoms with Crippen LogP contribution >= 0.6 is 0 Å². The second-order valence-electron chi connectivity index (χ2n) is 12.4. The van der Waals surface area contributed by atoms with E-state index in [-0.39, 0.29) is 102 Å². The molecule has 3 unspecified atom stereocenters. The van der Waals surface area contributed by atoms with Gasteiger partial charge in [0.15, 0.2) is 0 Å². The molecule has 13 heteroatoms. The van der Waals surface area contributed by atoms with Crippen molar-refractivity contribution in [2.75, 3.05) is 34.0 Å². The average molecular weight is 733 g/mol. The Bertz CT molecular complexity index is 762. The van der Waals surface area contributed by atoms with Crippen LogP contribution in [0.1, 0.15) is 82.1 Å². The molecule has 4 N–H and O–H groups in total. The molecule has 0 aliphatic carbocycles. The van der Waals surface area contributed by atoms with Gasteiger partial charge in [-0.3, -0.25) is 14.4 Å². The molecule has 0 saturated carbocycles. The van der Waals surface area contributed by atoms with Gasteiger partial charge in [-0.25, -0.2) is 0 Å². The van der Waals surface area contributed by atoms with Crippen LogP contribution in [0.15, 0.2) is 0 Å². The quantitative estimate of drug-likeness (QED) is 0.125. The first-order valence-electron chi connectivity index (χ1n) is 13.2. The third-order valence-corrected chi connectivity index (χ3v) is 6.67. The Kier molecular flexibility index (Phi) is 27.2. The van der Waals surface area contributed by atoms with Crippen LogP contribution in [0.4, 0.5) is 0 Å². The molecule has 11 nitrogen and oxygen atoms in total. The summed E-state index contributed by atoms with van der Waals surface area (Å²) < 4.78 is 19.8. The summed E-state index contributed by atoms with van der Waals surface area (Å²) in [5, 5.41) is 35.4. The standard InChI is InChI=1S/C9H18O2.C8H14O3.C6H12O3.C5H10O3.CH3.HI.Mg/c1-8(2)5-7(6-11-8)9(3,4)10;1-8(2)4-6(5-11-8)7(9)10-3;1-4(5(7)8)6(2,3)9;1-4(3-6)5(7)8-2;;;/h7,10H,5-6H2,1-4H3;6H,4-5H2,1-3H3;4,9H,1-3H3,(H,7,8);4,6H,3H2,1-2H3;1H3;1H;/q;;;;-1;;+2/p-1/t;;;4-;;;/m...1.../s1. The number of rotatable bonds is 6. The first-order chi connectivity index (χ1) is 17.4. The molecule has 0 amide bonds. The molecule has 0 aromatic heterocycles. The third-order valence-electron chi connectivity index (χ3n) is 6.67. The Morgan fingerprint density at radius 2 is 1.33 bits per heavy atom. The molecule has 4 atom stereocenters. The summed E-state index contributed by atoms with van der Waals surface area (Å²) in [4.78, 5) is 31.5. The predicted octanol–water partition coefficient (Wildman–Crippen LogP) is -0.114. The van der Waals surface area contributed by atoms with E-state index in [0.717, 1.165) is 12.8 Å². The van der Waals surface area contributed by atoms with Crippen molar-refractivity contribution < 1.29 is 77.7 Å². The topological polar surface area (TPSA) is 169 Å². The number of hydrogen-bond acceptors (Lipinski definition) is 10. The molecular weight excluding hydrogens is 676 g/mol. The SMILES string of the molecule is CC(C(=O)O)C(C)(C)O.CC1(C)CC(C(C)(C)O)CO1.COC(=O)C1COC(C)(C)C1.COC(=O)[C@H](C)CO.[CH3-].[I-].[Mg+2]. The monoisotopic (exact) mass is 732 g/mol. The van der Waals surface area contributed by atoms with Crippen LogP contribution in [0, 0.1) is 31.1 Å². The van der Waals surface area contributed by atoms with Crippen LogP contribution in [0.5, 0.6) is 0 Å². The number of ether oxygens (including phenoxy) is 4. The predicted molar refractivity (Wildman–Crippen MR) is 158 cm³/mol. The average Bonchev–Trinajstić information content (AvgIpc) is 3.38. The fraction of sp³-hybridized carbons (Fsp3) is 0.862. The van der Waals surface area contributed by atoms with Crippen molar-refractivity contribution in [2.45, 2.75) is 104 Å². The summed E-state index contributed by atoms with van der Waals surface area (Å²) in [6.07, 6.45) is 1.72. The smallest absolute Gasteiger partial charge is 1.00 e. The van der Waals surface area contributed by atoms with Gasteiger partial charge < -0.3 is 70.8 Å². The van der Waals surface area contributed by atoms with E-state index < -0.39 is 23.1 Å². The number of aliphatic hydroxyl groups excluding tert-OH is 1. The van der Waals surface area contributed by atoms with Gasteiger partial charge in [0.2, 0.25) is 0 Å². The number of carbonyl (C=O) groups is 3. The summed E-state index contributed by atoms with van der Waals surface area (Å²) >= 11 is 0. The minimum atomic E-state index is -1.12. The van der Waals surface area contributed by atoms with Crippen molar-refractivity contribution in [3.63, 3.8) is 0 Å². The van der Waals surface area contributed by atoms with Crippen LogP contribution in [0.2, 0.25) is 0 Å². The zero-order valence-corrected chi connectivity index (χ0v) is 31.6. The summed E-state index contributed by atoms with van der Waals surface area (Å²) in [6, 6.07) is 0. The maximum absolute atomic E-state index is 11.0. The maximum atomic E-state index is 11.0. The number of aliphatic carboxylic acids is 1. The van der Waals surface area contributed by atoms with E-state index in [2.05, 4.69) is 23.3 Å². The normalized spacial score (nSPS) is 21.2. The zero-order valence-electron chi connectivity index (χ0n) is 28.1. The first-order valence-corrected chi connectivity index (χ1v) is 13.2. The number of halogens is 1. The van der Waals surface area contributed by atoms with Crippen molar-refractivity contribution in [3.05, 3.63) is 7.43 Å². The van der Waals surface area contributed by atoms with Crippen LogP contribution in [0.3, 0.4) is 0 Å². The van der Waals surface area contributed by atoms with Crippen LogP contribution in [-0.2, 0) is 33.3 Å². The van der Waals surface area contributed by atoms with Gasteiger partial charge in [0.05, 0.1) is 74.2 Å². The largest absolute Gasteiger partial charge is 2.00 e. The van der Waals surface area contributed by atoms with Gasteiger partial charge in [-0.05, 0) is 82.1 Å². The third kappa shape index (κ3) is 22.3. The second-order valence-corrected chi connectivity index (χ2v) is 12.4. The maximum Gasteiger partial charge on any atom is 2.00 e. The molecule has 0 spiro atoms. The van der Waals surface area contributed by atoms with E-state index in [1.54, 1.807) is 6.92 Å². The van der Waals surface area contributed by atoms with Gasteiger partial charge in [-0.1, -0.05) is 0 Å². The Hall–Kier alpha value is -0.294. The van der Waals surface area contributed by atoms with E-state index in [9.17, 15) is 19.5 Å². The van der Waals surface area contributed by atoms with E-state index in [4.69, 9.17) is 24.8 Å². The minimum absolute atomic E-state index is 0. The molecule has 2 saturated heterocycles. The number of carboxylic acid groups (broad SMARTS) is 1. The number of aliphatic hydroxyl groups is 3. The molecule has 0 radical (unpaired) electrons. The van der Waals surface area contributed by atoms with Crippen molar-refractivity contribution in [3.8, 4) is 0 Å². The Morgan fingerprint density at radius 3 is 1.50 bits per heavy atom. The Morgan fingerprint density at radius 1 is 0.905 bits per heavy atom. The number of methoxy groups -OCH3 is 2. The number of hydrogen-bond donors (Lipinski definition) is 4. The summed E-state index contributed by atoms with van der Waals surface area (Å²) in [7, 11) is 2.71. The van der Waals surface area contributed by atoms with Gasteiger partial charge >= 0.3 is 41.0 Å². The number of carbonyl (C=O) groups excluding carboxylic acids is 2. The van der Waals surface area contributed by atoms with Gasteiger partial charge in [-0.15, -0.1) is 0 Å². The van der Waals surface area contributed by atoms with Crippen LogP contribution in [-0.4, -0.2) is 118 Å². The van der Waals surface area contributed by atoms with Gasteiger partial charge in [-0.2, -0.15) is 0 Å². The number of esters is 2. The second kappa shape index (κ2) is 22.2. The Balaban J connectivity index is -0.000000143. The Labute approximate surface area is 286 Å². The molecule has 0 aromatic rings. The van der Waals surface area contributed by atoms with Crippen LogP contribution < -0.4 is 24.0 Å². The van der Waals surface area contributed by atoms with E-state index in [1.165, 1.54) is 35.0 Å². The summed E-state index contributed by atoms with van der Waals surface area (Å²) in [6.45, 7) is 18.9. The zero-order chi connectivity index (χ0) is 31.4. The minimum Gasteiger partial charge on any atom is -1.00 e. The molecule has 2 heterocycles. The fourth-order valence-corrected chi connectivity index (χ4v) is 3.42. The van der Waals surface area contributed by atoms with Crippen LogP contribution in [0.25, 0.3) is 0 Å². The van der Waals surface area contributed by atoms with Gasteiger partial charge in [0.25, 0.3) is 0 Å². The molecule has 2 fully saturated rings. The van der Waals surface area contributed by atoms with E-state index in [1.807, 2.05) is 27.7 Å².